The van der Waals surface area contributed by atoms with Crippen LogP contribution in [0.1, 0.15) is 45.9 Å². The highest BCUT2D eigenvalue weighted by atomic mass is 32.1. The van der Waals surface area contributed by atoms with Gasteiger partial charge in [-0.3, -0.25) is 4.79 Å². The van der Waals surface area contributed by atoms with Crippen molar-refractivity contribution in [1.29, 1.82) is 0 Å². The van der Waals surface area contributed by atoms with E-state index in [2.05, 4.69) is 5.32 Å². The van der Waals surface area contributed by atoms with Crippen LogP contribution in [0.3, 0.4) is 0 Å². The molecule has 0 atom stereocenters. The van der Waals surface area contributed by atoms with Crippen LogP contribution in [-0.2, 0) is 11.2 Å². The molecule has 2 aromatic rings. The largest absolute Gasteiger partial charge is 0.462 e. The molecule has 1 aromatic heterocycles. The van der Waals surface area contributed by atoms with Crippen molar-refractivity contribution in [2.75, 3.05) is 11.9 Å². The summed E-state index contributed by atoms with van der Waals surface area (Å²) < 4.78 is 18.7. The maximum absolute atomic E-state index is 13.7. The average Bonchev–Trinajstić information content (AvgIpc) is 2.91. The number of nitrogens with one attached hydrogen (secondary N) is 1. The third-order valence-electron chi connectivity index (χ3n) is 3.12. The molecule has 4 nitrogen and oxygen atoms in total. The van der Waals surface area contributed by atoms with E-state index < -0.39 is 17.7 Å². The lowest BCUT2D eigenvalue weighted by Gasteiger charge is -2.06. The number of anilines is 1. The zero-order valence-corrected chi connectivity index (χ0v) is 13.8. The molecule has 0 aliphatic heterocycles. The summed E-state index contributed by atoms with van der Waals surface area (Å²) in [5.41, 5.74) is 0.248. The molecule has 0 fully saturated rings. The molecule has 0 unspecified atom stereocenters. The number of hydrogen-bond acceptors (Lipinski definition) is 4. The maximum Gasteiger partial charge on any atom is 0.341 e. The Labute approximate surface area is 138 Å². The standard InChI is InChI=1S/C17H18FNO3S/c1-3-7-11-10-13(17(21)22-4-2)16(23-11)19-15(20)12-8-5-6-9-14(12)18/h5-6,8-10H,3-4,7H2,1-2H3,(H,19,20). The van der Waals surface area contributed by atoms with Crippen molar-refractivity contribution in [2.24, 2.45) is 0 Å². The van der Waals surface area contributed by atoms with E-state index in [0.29, 0.717) is 10.6 Å². The Bertz CT molecular complexity index is 712. The average molecular weight is 335 g/mol. The highest BCUT2D eigenvalue weighted by Gasteiger charge is 2.20. The topological polar surface area (TPSA) is 55.4 Å². The number of ether oxygens (including phenoxy) is 1. The Balaban J connectivity index is 2.29. The lowest BCUT2D eigenvalue weighted by atomic mass is 10.2. The van der Waals surface area contributed by atoms with Gasteiger partial charge in [-0.15, -0.1) is 11.3 Å². The first-order chi connectivity index (χ1) is 11.1. The minimum absolute atomic E-state index is 0.0623. The van der Waals surface area contributed by atoms with Gasteiger partial charge in [0.2, 0.25) is 0 Å². The van der Waals surface area contributed by atoms with Gasteiger partial charge in [-0.25, -0.2) is 9.18 Å². The van der Waals surface area contributed by atoms with Crippen LogP contribution in [0.2, 0.25) is 0 Å². The summed E-state index contributed by atoms with van der Waals surface area (Å²) in [6, 6.07) is 7.44. The summed E-state index contributed by atoms with van der Waals surface area (Å²) in [4.78, 5) is 25.2. The van der Waals surface area contributed by atoms with E-state index in [1.165, 1.54) is 29.5 Å². The van der Waals surface area contributed by atoms with Crippen molar-refractivity contribution in [2.45, 2.75) is 26.7 Å². The Kier molecular flexibility index (Phi) is 5.87. The summed E-state index contributed by atoms with van der Waals surface area (Å²) in [6.45, 7) is 3.99. The fourth-order valence-electron chi connectivity index (χ4n) is 2.08. The third kappa shape index (κ3) is 4.16. The molecule has 1 aromatic carbocycles. The highest BCUT2D eigenvalue weighted by Crippen LogP contribution is 2.30. The predicted molar refractivity (Wildman–Crippen MR) is 88.6 cm³/mol. The first kappa shape index (κ1) is 17.1. The summed E-state index contributed by atoms with van der Waals surface area (Å²) in [7, 11) is 0. The highest BCUT2D eigenvalue weighted by molar-refractivity contribution is 7.16. The first-order valence-corrected chi connectivity index (χ1v) is 8.24. The van der Waals surface area contributed by atoms with E-state index in [1.807, 2.05) is 6.92 Å². The first-order valence-electron chi connectivity index (χ1n) is 7.42. The van der Waals surface area contributed by atoms with E-state index in [-0.39, 0.29) is 12.2 Å². The zero-order valence-electron chi connectivity index (χ0n) is 13.0. The van der Waals surface area contributed by atoms with Gasteiger partial charge in [0.15, 0.2) is 0 Å². The number of thiophene rings is 1. The molecule has 0 bridgehead atoms. The van der Waals surface area contributed by atoms with Gasteiger partial charge in [-0.2, -0.15) is 0 Å². The van der Waals surface area contributed by atoms with Gasteiger partial charge in [-0.05, 0) is 31.5 Å². The second-order valence-electron chi connectivity index (χ2n) is 4.86. The minimum Gasteiger partial charge on any atom is -0.462 e. The van der Waals surface area contributed by atoms with Gasteiger partial charge < -0.3 is 10.1 Å². The Hall–Kier alpha value is -2.21. The van der Waals surface area contributed by atoms with Crippen LogP contribution in [-0.4, -0.2) is 18.5 Å². The Morgan fingerprint density at radius 2 is 1.96 bits per heavy atom. The molecule has 0 saturated heterocycles. The molecule has 2 rings (SSSR count). The molecule has 0 radical (unpaired) electrons. The molecule has 1 amide bonds. The van der Waals surface area contributed by atoms with Crippen molar-refractivity contribution in [3.05, 3.63) is 52.2 Å². The van der Waals surface area contributed by atoms with Gasteiger partial charge in [-0.1, -0.05) is 25.5 Å². The summed E-state index contributed by atoms with van der Waals surface area (Å²) >= 11 is 1.31. The monoisotopic (exact) mass is 335 g/mol. The number of rotatable bonds is 6. The number of aryl methyl sites for hydroxylation is 1. The molecule has 23 heavy (non-hydrogen) atoms. The van der Waals surface area contributed by atoms with Gasteiger partial charge in [0.05, 0.1) is 17.7 Å². The fourth-order valence-corrected chi connectivity index (χ4v) is 3.22. The van der Waals surface area contributed by atoms with Crippen molar-refractivity contribution in [1.82, 2.24) is 0 Å². The SMILES string of the molecule is CCCc1cc(C(=O)OCC)c(NC(=O)c2ccccc2F)s1. The molecular formula is C17H18FNO3S. The predicted octanol–water partition coefficient (Wildman–Crippen LogP) is 4.27. The number of amides is 1. The molecule has 1 N–H and O–H groups in total. The van der Waals surface area contributed by atoms with Crippen LogP contribution in [0.4, 0.5) is 9.39 Å². The summed E-state index contributed by atoms with van der Waals surface area (Å²) in [5.74, 6) is -1.68. The number of benzene rings is 1. The lowest BCUT2D eigenvalue weighted by molar-refractivity contribution is 0.0528. The maximum atomic E-state index is 13.7. The second kappa shape index (κ2) is 7.87. The smallest absolute Gasteiger partial charge is 0.341 e. The molecule has 0 saturated carbocycles. The van der Waals surface area contributed by atoms with Gasteiger partial charge in [0.1, 0.15) is 10.8 Å². The van der Waals surface area contributed by atoms with Crippen molar-refractivity contribution in [3.8, 4) is 0 Å². The fraction of sp³-hybridized carbons (Fsp3) is 0.294. The zero-order chi connectivity index (χ0) is 16.8. The van der Waals surface area contributed by atoms with E-state index in [4.69, 9.17) is 4.74 Å². The Morgan fingerprint density at radius 1 is 1.22 bits per heavy atom. The van der Waals surface area contributed by atoms with Crippen LogP contribution in [0, 0.1) is 5.82 Å². The quantitative estimate of drug-likeness (QED) is 0.802. The summed E-state index contributed by atoms with van der Waals surface area (Å²) in [5, 5.41) is 3.01. The Morgan fingerprint density at radius 3 is 2.61 bits per heavy atom. The van der Waals surface area contributed by atoms with E-state index in [9.17, 15) is 14.0 Å². The van der Waals surface area contributed by atoms with Crippen LogP contribution in [0.25, 0.3) is 0 Å². The number of esters is 1. The molecular weight excluding hydrogens is 317 g/mol. The van der Waals surface area contributed by atoms with E-state index >= 15 is 0 Å². The van der Waals surface area contributed by atoms with Crippen LogP contribution < -0.4 is 5.32 Å². The molecule has 122 valence electrons. The third-order valence-corrected chi connectivity index (χ3v) is 4.23. The number of halogens is 1. The van der Waals surface area contributed by atoms with E-state index in [0.717, 1.165) is 17.7 Å². The van der Waals surface area contributed by atoms with Crippen molar-refractivity contribution >= 4 is 28.2 Å². The van der Waals surface area contributed by atoms with Crippen LogP contribution in [0.5, 0.6) is 0 Å². The minimum atomic E-state index is -0.604. The molecule has 1 heterocycles. The molecule has 0 aliphatic rings. The molecule has 0 spiro atoms. The second-order valence-corrected chi connectivity index (χ2v) is 6.00. The normalized spacial score (nSPS) is 10.4. The van der Waals surface area contributed by atoms with Crippen molar-refractivity contribution in [3.63, 3.8) is 0 Å². The van der Waals surface area contributed by atoms with Crippen LogP contribution >= 0.6 is 11.3 Å². The number of carbonyl (C=O) groups is 2. The number of hydrogen-bond donors (Lipinski definition) is 1. The number of carbonyl (C=O) groups excluding carboxylic acids is 2. The van der Waals surface area contributed by atoms with Gasteiger partial charge >= 0.3 is 5.97 Å². The van der Waals surface area contributed by atoms with Gasteiger partial charge in [0.25, 0.3) is 5.91 Å². The van der Waals surface area contributed by atoms with Crippen LogP contribution in [0.15, 0.2) is 30.3 Å². The van der Waals surface area contributed by atoms with Gasteiger partial charge in [0, 0.05) is 4.88 Å². The summed E-state index contributed by atoms with van der Waals surface area (Å²) in [6.07, 6.45) is 1.72. The molecule has 0 aliphatic carbocycles. The van der Waals surface area contributed by atoms with E-state index in [1.54, 1.807) is 19.1 Å². The molecule has 6 heteroatoms. The van der Waals surface area contributed by atoms with Crippen molar-refractivity contribution < 1.29 is 18.7 Å². The lowest BCUT2D eigenvalue weighted by Crippen LogP contribution is -2.15.